The summed E-state index contributed by atoms with van der Waals surface area (Å²) in [6.45, 7) is -8.89. The molecule has 1 saturated heterocycles. The van der Waals surface area contributed by atoms with Crippen LogP contribution in [0.1, 0.15) is 31.7 Å². The van der Waals surface area contributed by atoms with Gasteiger partial charge in [-0.2, -0.15) is 0 Å². The molecule has 0 N–H and O–H groups in total. The standard InChI is InChI=1S/C15H20Cl2N2O2/c1-15(2,3)21-14(20)19-9-7-18(8-10-19)12-6-4-5-11(16)13(12)17/h4-6H,7-10H2,1-3H3/i7D2,8D2,9D2,10D2. The monoisotopic (exact) mass is 338 g/mol. The van der Waals surface area contributed by atoms with Crippen LogP contribution >= 0.6 is 23.2 Å². The average molecular weight is 339 g/mol. The van der Waals surface area contributed by atoms with Gasteiger partial charge in [-0.3, -0.25) is 0 Å². The van der Waals surface area contributed by atoms with E-state index in [1.54, 1.807) is 0 Å². The number of nitrogens with zero attached hydrogens (tertiary/aromatic N) is 2. The molecule has 0 spiro atoms. The molecule has 1 fully saturated rings. The predicted octanol–water partition coefficient (Wildman–Crippen LogP) is 4.05. The number of benzene rings is 1. The predicted molar refractivity (Wildman–Crippen MR) is 86.5 cm³/mol. The Labute approximate surface area is 146 Å². The minimum atomic E-state index is -3.37. The zero-order valence-electron chi connectivity index (χ0n) is 19.7. The summed E-state index contributed by atoms with van der Waals surface area (Å²) >= 11 is 12.0. The van der Waals surface area contributed by atoms with E-state index >= 15 is 0 Å². The van der Waals surface area contributed by atoms with Gasteiger partial charge in [-0.25, -0.2) is 4.79 Å². The van der Waals surface area contributed by atoms with Gasteiger partial charge in [0.2, 0.25) is 0 Å². The van der Waals surface area contributed by atoms with Crippen LogP contribution in [-0.4, -0.2) is 42.6 Å². The van der Waals surface area contributed by atoms with E-state index in [1.807, 2.05) is 0 Å². The van der Waals surface area contributed by atoms with Gasteiger partial charge in [0.1, 0.15) is 5.60 Å². The van der Waals surface area contributed by atoms with Crippen molar-refractivity contribution in [3.8, 4) is 0 Å². The summed E-state index contributed by atoms with van der Waals surface area (Å²) in [4.78, 5) is 12.7. The third-order valence-corrected chi connectivity index (χ3v) is 3.10. The third kappa shape index (κ3) is 4.17. The smallest absolute Gasteiger partial charge is 0.410 e. The van der Waals surface area contributed by atoms with E-state index in [-0.39, 0.29) is 25.5 Å². The molecule has 0 atom stereocenters. The molecule has 1 amide bonds. The highest BCUT2D eigenvalue weighted by Crippen LogP contribution is 2.32. The number of halogens is 2. The van der Waals surface area contributed by atoms with Crippen LogP contribution in [0.3, 0.4) is 0 Å². The molecule has 2 rings (SSSR count). The van der Waals surface area contributed by atoms with Crippen LogP contribution in [-0.2, 0) is 4.74 Å². The lowest BCUT2D eigenvalue weighted by Gasteiger charge is -2.37. The van der Waals surface area contributed by atoms with Crippen molar-refractivity contribution >= 4 is 35.0 Å². The molecule has 0 aromatic heterocycles. The normalized spacial score (nSPS) is 31.3. The first-order valence-corrected chi connectivity index (χ1v) is 6.83. The maximum atomic E-state index is 12.6. The van der Waals surface area contributed by atoms with E-state index in [0.29, 0.717) is 0 Å². The maximum absolute atomic E-state index is 12.6. The van der Waals surface area contributed by atoms with E-state index in [9.17, 15) is 4.79 Å². The highest BCUT2D eigenvalue weighted by atomic mass is 35.5. The minimum Gasteiger partial charge on any atom is -0.444 e. The number of ether oxygens (including phenoxy) is 1. The van der Waals surface area contributed by atoms with Crippen LogP contribution in [0.5, 0.6) is 0 Å². The minimum absolute atomic E-state index is 0.0635. The Hall–Kier alpha value is -1.13. The summed E-state index contributed by atoms with van der Waals surface area (Å²) in [5.41, 5.74) is -1.53. The SMILES string of the molecule is [2H]C1([2H])N(C(=O)OC(C)(C)C)C([2H])([2H])C([2H])([2H])N(c2cccc(Cl)c2Cl)C1([2H])[2H]. The Balaban J connectivity index is 2.76. The molecular weight excluding hydrogens is 311 g/mol. The van der Waals surface area contributed by atoms with Crippen molar-refractivity contribution in [1.82, 2.24) is 4.90 Å². The van der Waals surface area contributed by atoms with Crippen molar-refractivity contribution < 1.29 is 20.5 Å². The lowest BCUT2D eigenvalue weighted by molar-refractivity contribution is 0.0240. The van der Waals surface area contributed by atoms with Gasteiger partial charge in [-0.1, -0.05) is 29.3 Å². The zero-order chi connectivity index (χ0) is 22.8. The number of hydrogen-bond acceptors (Lipinski definition) is 3. The van der Waals surface area contributed by atoms with E-state index in [4.69, 9.17) is 38.9 Å². The van der Waals surface area contributed by atoms with E-state index < -0.39 is 37.7 Å². The quantitative estimate of drug-likeness (QED) is 0.774. The van der Waals surface area contributed by atoms with Crippen LogP contribution < -0.4 is 4.90 Å². The van der Waals surface area contributed by atoms with Gasteiger partial charge >= 0.3 is 6.09 Å². The van der Waals surface area contributed by atoms with Gasteiger partial charge < -0.3 is 14.5 Å². The van der Waals surface area contributed by atoms with Crippen molar-refractivity contribution in [3.05, 3.63) is 28.2 Å². The van der Waals surface area contributed by atoms with Gasteiger partial charge in [0.25, 0.3) is 0 Å². The Bertz CT molecular complexity index is 801. The van der Waals surface area contributed by atoms with Crippen LogP contribution in [0.4, 0.5) is 10.5 Å². The number of rotatable bonds is 1. The fourth-order valence-corrected chi connectivity index (χ4v) is 1.82. The maximum Gasteiger partial charge on any atom is 0.410 e. The lowest BCUT2D eigenvalue weighted by Crippen LogP contribution is -2.50. The van der Waals surface area contributed by atoms with Gasteiger partial charge in [0.15, 0.2) is 0 Å². The number of piperazine rings is 1. The molecule has 1 aromatic rings. The van der Waals surface area contributed by atoms with Crippen molar-refractivity contribution in [2.75, 3.05) is 30.9 Å². The van der Waals surface area contributed by atoms with Gasteiger partial charge in [0.05, 0.1) is 26.7 Å². The van der Waals surface area contributed by atoms with Crippen LogP contribution in [0, 0.1) is 0 Å². The molecule has 0 radical (unpaired) electrons. The molecule has 1 aromatic carbocycles. The van der Waals surface area contributed by atoms with Gasteiger partial charge in [-0.05, 0) is 32.9 Å². The number of carbonyl (C=O) groups is 1. The topological polar surface area (TPSA) is 32.8 Å². The second-order valence-electron chi connectivity index (χ2n) is 5.17. The highest BCUT2D eigenvalue weighted by Gasteiger charge is 2.26. The Morgan fingerprint density at radius 1 is 1.24 bits per heavy atom. The number of hydrogen-bond donors (Lipinski definition) is 0. The fourth-order valence-electron chi connectivity index (χ4n) is 1.44. The molecule has 1 aliphatic heterocycles. The molecule has 0 unspecified atom stereocenters. The molecule has 116 valence electrons. The molecule has 1 heterocycles. The zero-order valence-corrected chi connectivity index (χ0v) is 13.2. The first-order chi connectivity index (χ1) is 12.8. The summed E-state index contributed by atoms with van der Waals surface area (Å²) < 4.78 is 71.4. The largest absolute Gasteiger partial charge is 0.444 e. The fraction of sp³-hybridized carbons (Fsp3) is 0.533. The summed E-state index contributed by atoms with van der Waals surface area (Å²) in [5, 5.41) is -0.356. The first-order valence-electron chi connectivity index (χ1n) is 10.1. The lowest BCUT2D eigenvalue weighted by atomic mass is 10.2. The highest BCUT2D eigenvalue weighted by molar-refractivity contribution is 6.43. The summed E-state index contributed by atoms with van der Waals surface area (Å²) in [7, 11) is 0. The molecule has 4 nitrogen and oxygen atoms in total. The summed E-state index contributed by atoms with van der Waals surface area (Å²) in [6, 6.07) is 3.87. The molecular formula is C15H20Cl2N2O2. The van der Waals surface area contributed by atoms with Crippen LogP contribution in [0.25, 0.3) is 0 Å². The molecule has 0 aliphatic carbocycles. The number of amides is 1. The molecule has 1 aliphatic rings. The van der Waals surface area contributed by atoms with E-state index in [2.05, 4.69) is 0 Å². The molecule has 0 bridgehead atoms. The van der Waals surface area contributed by atoms with Gasteiger partial charge in [0, 0.05) is 26.0 Å². The number of anilines is 1. The van der Waals surface area contributed by atoms with Crippen LogP contribution in [0.15, 0.2) is 18.2 Å². The van der Waals surface area contributed by atoms with E-state index in [0.717, 1.165) is 0 Å². The molecule has 0 saturated carbocycles. The molecule has 21 heavy (non-hydrogen) atoms. The Morgan fingerprint density at radius 3 is 2.43 bits per heavy atom. The van der Waals surface area contributed by atoms with Gasteiger partial charge in [-0.15, -0.1) is 0 Å². The average Bonchev–Trinajstić information content (AvgIpc) is 2.47. The van der Waals surface area contributed by atoms with Crippen molar-refractivity contribution in [2.45, 2.75) is 26.4 Å². The summed E-state index contributed by atoms with van der Waals surface area (Å²) in [6.07, 6.45) is -1.54. The van der Waals surface area contributed by atoms with Crippen LogP contribution in [0.2, 0.25) is 10.0 Å². The Morgan fingerprint density at radius 2 is 1.86 bits per heavy atom. The first kappa shape index (κ1) is 8.49. The second kappa shape index (κ2) is 6.32. The molecule has 6 heteroatoms. The Kier molecular flexibility index (Phi) is 2.56. The van der Waals surface area contributed by atoms with Crippen molar-refractivity contribution in [1.29, 1.82) is 0 Å². The van der Waals surface area contributed by atoms with Crippen molar-refractivity contribution in [2.24, 2.45) is 0 Å². The third-order valence-electron chi connectivity index (χ3n) is 2.30. The van der Waals surface area contributed by atoms with E-state index in [1.165, 1.54) is 39.0 Å². The second-order valence-corrected chi connectivity index (χ2v) is 5.96. The van der Waals surface area contributed by atoms with Crippen molar-refractivity contribution in [3.63, 3.8) is 0 Å². The summed E-state index contributed by atoms with van der Waals surface area (Å²) in [5.74, 6) is 0. The number of carbonyl (C=O) groups excluding carboxylic acids is 1.